The Bertz CT molecular complexity index is 436. The quantitative estimate of drug-likeness (QED) is 0.910. The molecule has 1 aliphatic heterocycles. The zero-order valence-corrected chi connectivity index (χ0v) is 14.2. The Morgan fingerprint density at radius 2 is 2.25 bits per heavy atom. The second-order valence-electron chi connectivity index (χ2n) is 5.86. The van der Waals surface area contributed by atoms with Gasteiger partial charge < -0.3 is 10.1 Å². The summed E-state index contributed by atoms with van der Waals surface area (Å²) >= 11 is 3.57. The van der Waals surface area contributed by atoms with E-state index in [1.54, 1.807) is 7.11 Å². The molecular formula is C16H25BrN2O. The highest BCUT2D eigenvalue weighted by Crippen LogP contribution is 2.26. The number of hydrogen-bond donors (Lipinski definition) is 1. The highest BCUT2D eigenvalue weighted by molar-refractivity contribution is 9.10. The molecule has 0 radical (unpaired) electrons. The van der Waals surface area contributed by atoms with Crippen LogP contribution in [0.4, 0.5) is 0 Å². The highest BCUT2D eigenvalue weighted by Gasteiger charge is 2.20. The number of ether oxygens (including phenoxy) is 1. The Labute approximate surface area is 130 Å². The van der Waals surface area contributed by atoms with Gasteiger partial charge in [-0.1, -0.05) is 19.9 Å². The van der Waals surface area contributed by atoms with Gasteiger partial charge in [0, 0.05) is 19.1 Å². The summed E-state index contributed by atoms with van der Waals surface area (Å²) in [5.41, 5.74) is 1.34. The summed E-state index contributed by atoms with van der Waals surface area (Å²) < 4.78 is 6.32. The fourth-order valence-corrected chi connectivity index (χ4v) is 3.27. The Morgan fingerprint density at radius 3 is 2.90 bits per heavy atom. The van der Waals surface area contributed by atoms with Crippen molar-refractivity contribution in [3.63, 3.8) is 0 Å². The van der Waals surface area contributed by atoms with Crippen molar-refractivity contribution in [2.45, 2.75) is 32.9 Å². The molecule has 4 heteroatoms. The normalized spacial score (nSPS) is 20.9. The Morgan fingerprint density at radius 1 is 1.45 bits per heavy atom. The first kappa shape index (κ1) is 15.8. The SMILES string of the molecule is COc1ccc(CN2CCCNC(C(C)C)C2)cc1Br. The van der Waals surface area contributed by atoms with Crippen LogP contribution in [0.5, 0.6) is 5.75 Å². The van der Waals surface area contributed by atoms with Gasteiger partial charge in [-0.25, -0.2) is 0 Å². The van der Waals surface area contributed by atoms with Crippen LogP contribution in [0.25, 0.3) is 0 Å². The van der Waals surface area contributed by atoms with Gasteiger partial charge in [-0.3, -0.25) is 4.90 Å². The first-order valence-electron chi connectivity index (χ1n) is 7.38. The van der Waals surface area contributed by atoms with Crippen LogP contribution in [-0.2, 0) is 6.54 Å². The molecule has 20 heavy (non-hydrogen) atoms. The third-order valence-electron chi connectivity index (χ3n) is 3.94. The summed E-state index contributed by atoms with van der Waals surface area (Å²) in [6.07, 6.45) is 1.22. The molecule has 1 aromatic carbocycles. The number of nitrogens with zero attached hydrogens (tertiary/aromatic N) is 1. The molecule has 1 aromatic rings. The molecule has 112 valence electrons. The van der Waals surface area contributed by atoms with Gasteiger partial charge in [0.15, 0.2) is 0 Å². The molecule has 1 aliphatic rings. The van der Waals surface area contributed by atoms with Crippen LogP contribution in [0.1, 0.15) is 25.8 Å². The fraction of sp³-hybridized carbons (Fsp3) is 0.625. The van der Waals surface area contributed by atoms with Crippen molar-refractivity contribution in [3.8, 4) is 5.75 Å². The molecule has 1 fully saturated rings. The molecular weight excluding hydrogens is 316 g/mol. The molecule has 0 aliphatic carbocycles. The second-order valence-corrected chi connectivity index (χ2v) is 6.72. The summed E-state index contributed by atoms with van der Waals surface area (Å²) in [6, 6.07) is 6.96. The molecule has 2 rings (SSSR count). The topological polar surface area (TPSA) is 24.5 Å². The lowest BCUT2D eigenvalue weighted by atomic mass is 10.0. The minimum atomic E-state index is 0.596. The van der Waals surface area contributed by atoms with Gasteiger partial charge >= 0.3 is 0 Å². The van der Waals surface area contributed by atoms with E-state index < -0.39 is 0 Å². The van der Waals surface area contributed by atoms with E-state index in [-0.39, 0.29) is 0 Å². The lowest BCUT2D eigenvalue weighted by Crippen LogP contribution is -2.41. The lowest BCUT2D eigenvalue weighted by molar-refractivity contribution is 0.238. The first-order valence-corrected chi connectivity index (χ1v) is 8.17. The first-order chi connectivity index (χ1) is 9.60. The summed E-state index contributed by atoms with van der Waals surface area (Å²) in [5.74, 6) is 1.57. The molecule has 0 aromatic heterocycles. The summed E-state index contributed by atoms with van der Waals surface area (Å²) in [7, 11) is 1.70. The van der Waals surface area contributed by atoms with E-state index in [1.807, 2.05) is 6.07 Å². The maximum atomic E-state index is 5.29. The molecule has 1 unspecified atom stereocenters. The standard InChI is InChI=1S/C16H25BrN2O/c1-12(2)15-11-19(8-4-7-18-15)10-13-5-6-16(20-3)14(17)9-13/h5-6,9,12,15,18H,4,7-8,10-11H2,1-3H3. The van der Waals surface area contributed by atoms with Crippen LogP contribution in [0.15, 0.2) is 22.7 Å². The molecule has 1 saturated heterocycles. The number of methoxy groups -OCH3 is 1. The molecule has 3 nitrogen and oxygen atoms in total. The van der Waals surface area contributed by atoms with Crippen molar-refractivity contribution in [3.05, 3.63) is 28.2 Å². The van der Waals surface area contributed by atoms with Crippen LogP contribution in [-0.4, -0.2) is 37.7 Å². The second kappa shape index (κ2) is 7.43. The van der Waals surface area contributed by atoms with Crippen molar-refractivity contribution < 1.29 is 4.74 Å². The summed E-state index contributed by atoms with van der Waals surface area (Å²) in [5, 5.41) is 3.66. The third kappa shape index (κ3) is 4.21. The monoisotopic (exact) mass is 340 g/mol. The zero-order valence-electron chi connectivity index (χ0n) is 12.7. The molecule has 0 saturated carbocycles. The van der Waals surface area contributed by atoms with Crippen molar-refractivity contribution in [1.29, 1.82) is 0 Å². The van der Waals surface area contributed by atoms with E-state index in [0.717, 1.165) is 29.9 Å². The molecule has 1 atom stereocenters. The number of nitrogens with one attached hydrogen (secondary N) is 1. The van der Waals surface area contributed by atoms with E-state index in [0.29, 0.717) is 12.0 Å². The fourth-order valence-electron chi connectivity index (χ4n) is 2.68. The van der Waals surface area contributed by atoms with Gasteiger partial charge in [-0.2, -0.15) is 0 Å². The smallest absolute Gasteiger partial charge is 0.133 e. The highest BCUT2D eigenvalue weighted by atomic mass is 79.9. The van der Waals surface area contributed by atoms with E-state index >= 15 is 0 Å². The van der Waals surface area contributed by atoms with Crippen LogP contribution in [0, 0.1) is 5.92 Å². The predicted molar refractivity (Wildman–Crippen MR) is 87.2 cm³/mol. The van der Waals surface area contributed by atoms with Gasteiger partial charge in [-0.15, -0.1) is 0 Å². The zero-order chi connectivity index (χ0) is 14.5. The number of benzene rings is 1. The molecule has 1 heterocycles. The molecule has 1 N–H and O–H groups in total. The van der Waals surface area contributed by atoms with E-state index in [1.165, 1.54) is 18.5 Å². The van der Waals surface area contributed by atoms with Gasteiger partial charge in [-0.05, 0) is 59.1 Å². The minimum Gasteiger partial charge on any atom is -0.496 e. The average Bonchev–Trinajstić information content (AvgIpc) is 2.65. The molecule has 0 spiro atoms. The predicted octanol–water partition coefficient (Wildman–Crippen LogP) is 3.28. The van der Waals surface area contributed by atoms with Crippen LogP contribution in [0.3, 0.4) is 0 Å². The minimum absolute atomic E-state index is 0.596. The van der Waals surface area contributed by atoms with Crippen molar-refractivity contribution in [2.24, 2.45) is 5.92 Å². The van der Waals surface area contributed by atoms with Gasteiger partial charge in [0.2, 0.25) is 0 Å². The van der Waals surface area contributed by atoms with Crippen LogP contribution in [0.2, 0.25) is 0 Å². The van der Waals surface area contributed by atoms with E-state index in [9.17, 15) is 0 Å². The molecule has 0 bridgehead atoms. The molecule has 0 amide bonds. The summed E-state index contributed by atoms with van der Waals surface area (Å²) in [4.78, 5) is 2.55. The van der Waals surface area contributed by atoms with Crippen LogP contribution < -0.4 is 10.1 Å². The number of halogens is 1. The lowest BCUT2D eigenvalue weighted by Gasteiger charge is -2.27. The van der Waals surface area contributed by atoms with E-state index in [2.05, 4.69) is 52.1 Å². The third-order valence-corrected chi connectivity index (χ3v) is 4.56. The average molecular weight is 341 g/mol. The van der Waals surface area contributed by atoms with Crippen molar-refractivity contribution >= 4 is 15.9 Å². The number of rotatable bonds is 4. The van der Waals surface area contributed by atoms with Gasteiger partial charge in [0.25, 0.3) is 0 Å². The summed E-state index contributed by atoms with van der Waals surface area (Å²) in [6.45, 7) is 9.02. The Hall–Kier alpha value is -0.580. The van der Waals surface area contributed by atoms with Gasteiger partial charge in [0.05, 0.1) is 11.6 Å². The maximum absolute atomic E-state index is 5.29. The largest absolute Gasteiger partial charge is 0.496 e. The van der Waals surface area contributed by atoms with E-state index in [4.69, 9.17) is 4.74 Å². The van der Waals surface area contributed by atoms with Crippen LogP contribution >= 0.6 is 15.9 Å². The Balaban J connectivity index is 2.02. The van der Waals surface area contributed by atoms with Gasteiger partial charge in [0.1, 0.15) is 5.75 Å². The number of hydrogen-bond acceptors (Lipinski definition) is 3. The maximum Gasteiger partial charge on any atom is 0.133 e. The van der Waals surface area contributed by atoms with Crippen molar-refractivity contribution in [1.82, 2.24) is 10.2 Å². The van der Waals surface area contributed by atoms with Crippen molar-refractivity contribution in [2.75, 3.05) is 26.7 Å². The Kier molecular flexibility index (Phi) is 5.87.